The number of anilines is 2. The number of hydrogen-bond donors (Lipinski definition) is 3. The van der Waals surface area contributed by atoms with Crippen LogP contribution in [0.25, 0.3) is 32.9 Å². The highest BCUT2D eigenvalue weighted by molar-refractivity contribution is 6.15. The van der Waals surface area contributed by atoms with E-state index in [1.807, 2.05) is 0 Å². The first-order chi connectivity index (χ1) is 11.9. The van der Waals surface area contributed by atoms with Crippen molar-refractivity contribution in [1.29, 1.82) is 0 Å². The Morgan fingerprint density at radius 3 is 2.48 bits per heavy atom. The predicted molar refractivity (Wildman–Crippen MR) is 90.7 cm³/mol. The van der Waals surface area contributed by atoms with E-state index in [1.54, 1.807) is 24.4 Å². The van der Waals surface area contributed by atoms with Gasteiger partial charge in [-0.15, -0.1) is 0 Å². The molecule has 0 aliphatic carbocycles. The molecule has 0 bridgehead atoms. The predicted octanol–water partition coefficient (Wildman–Crippen LogP) is 3.96. The van der Waals surface area contributed by atoms with E-state index in [0.29, 0.717) is 27.4 Å². The van der Waals surface area contributed by atoms with Crippen LogP contribution in [0, 0.1) is 0 Å². The highest BCUT2D eigenvalue weighted by Crippen LogP contribution is 2.41. The van der Waals surface area contributed by atoms with Crippen LogP contribution in [0.4, 0.5) is 24.9 Å². The summed E-state index contributed by atoms with van der Waals surface area (Å²) < 4.78 is 40.3. The van der Waals surface area contributed by atoms with Crippen LogP contribution >= 0.6 is 0 Å². The first-order valence-corrected chi connectivity index (χ1v) is 7.35. The molecule has 0 fully saturated rings. The summed E-state index contributed by atoms with van der Waals surface area (Å²) in [7, 11) is 0. The molecule has 0 aliphatic rings. The standard InChI is InChI=1S/C17H12F3N5/c18-17(19,20)11-4-2-1-3-8(11)10-7-12-13(9-5-6-23-14(9)10)15(21)25-16(22)24-12/h1-7,23H,(H4,21,22,24,25). The fourth-order valence-corrected chi connectivity index (χ4v) is 3.08. The van der Waals surface area contributed by atoms with Crippen molar-refractivity contribution in [3.05, 3.63) is 48.2 Å². The second-order valence-electron chi connectivity index (χ2n) is 5.59. The van der Waals surface area contributed by atoms with Crippen LogP contribution in [0.5, 0.6) is 0 Å². The Hall–Kier alpha value is -3.29. The number of H-pyrrole nitrogens is 1. The van der Waals surface area contributed by atoms with Crippen LogP contribution in [0.1, 0.15) is 5.56 Å². The van der Waals surface area contributed by atoms with Crippen molar-refractivity contribution in [1.82, 2.24) is 15.0 Å². The van der Waals surface area contributed by atoms with Crippen molar-refractivity contribution >= 4 is 33.6 Å². The van der Waals surface area contributed by atoms with Gasteiger partial charge in [-0.25, -0.2) is 4.98 Å². The molecule has 0 aliphatic heterocycles. The van der Waals surface area contributed by atoms with Gasteiger partial charge >= 0.3 is 6.18 Å². The monoisotopic (exact) mass is 343 g/mol. The van der Waals surface area contributed by atoms with E-state index in [1.165, 1.54) is 12.1 Å². The minimum absolute atomic E-state index is 0.0325. The van der Waals surface area contributed by atoms with Crippen LogP contribution in [0.2, 0.25) is 0 Å². The van der Waals surface area contributed by atoms with E-state index < -0.39 is 11.7 Å². The number of benzene rings is 2. The van der Waals surface area contributed by atoms with E-state index in [4.69, 9.17) is 11.5 Å². The molecule has 5 N–H and O–H groups in total. The number of nitrogens with two attached hydrogens (primary N) is 2. The van der Waals surface area contributed by atoms with Gasteiger partial charge in [0.25, 0.3) is 0 Å². The molecule has 0 saturated heterocycles. The van der Waals surface area contributed by atoms with E-state index in [0.717, 1.165) is 6.07 Å². The van der Waals surface area contributed by atoms with Gasteiger partial charge in [0, 0.05) is 17.1 Å². The molecule has 0 spiro atoms. The summed E-state index contributed by atoms with van der Waals surface area (Å²) >= 11 is 0. The molecule has 2 aromatic carbocycles. The van der Waals surface area contributed by atoms with Gasteiger partial charge in [0.05, 0.1) is 22.0 Å². The Bertz CT molecular complexity index is 1110. The van der Waals surface area contributed by atoms with Crippen molar-refractivity contribution in [2.45, 2.75) is 6.18 Å². The van der Waals surface area contributed by atoms with Crippen LogP contribution in [-0.4, -0.2) is 15.0 Å². The lowest BCUT2D eigenvalue weighted by Crippen LogP contribution is -2.07. The normalized spacial score (nSPS) is 12.1. The molecule has 126 valence electrons. The quantitative estimate of drug-likeness (QED) is 0.488. The molecule has 0 radical (unpaired) electrons. The second kappa shape index (κ2) is 5.10. The number of nitrogen functional groups attached to an aromatic ring is 2. The average molecular weight is 343 g/mol. The third-order valence-electron chi connectivity index (χ3n) is 4.07. The van der Waals surface area contributed by atoms with Crippen LogP contribution in [0.15, 0.2) is 42.6 Å². The Balaban J connectivity index is 2.15. The molecule has 0 amide bonds. The van der Waals surface area contributed by atoms with E-state index in [-0.39, 0.29) is 17.3 Å². The first kappa shape index (κ1) is 15.3. The van der Waals surface area contributed by atoms with Crippen molar-refractivity contribution in [3.8, 4) is 11.1 Å². The average Bonchev–Trinajstić information content (AvgIpc) is 3.02. The molecule has 4 aromatic rings. The summed E-state index contributed by atoms with van der Waals surface area (Å²) in [5.74, 6) is 0.151. The van der Waals surface area contributed by atoms with Gasteiger partial charge in [-0.3, -0.25) is 0 Å². The summed E-state index contributed by atoms with van der Waals surface area (Å²) in [6, 6.07) is 8.68. The van der Waals surface area contributed by atoms with E-state index in [9.17, 15) is 13.2 Å². The number of rotatable bonds is 1. The molecule has 2 aromatic heterocycles. The lowest BCUT2D eigenvalue weighted by molar-refractivity contribution is -0.137. The molecular formula is C17H12F3N5. The van der Waals surface area contributed by atoms with E-state index >= 15 is 0 Å². The number of nitrogens with one attached hydrogen (secondary N) is 1. The molecule has 0 atom stereocenters. The smallest absolute Gasteiger partial charge is 0.383 e. The SMILES string of the molecule is Nc1nc(N)c2c(cc(-c3ccccc3C(F)(F)F)c3[nH]ccc32)n1. The van der Waals surface area contributed by atoms with Gasteiger partial charge in [0.15, 0.2) is 0 Å². The molecule has 25 heavy (non-hydrogen) atoms. The maximum Gasteiger partial charge on any atom is 0.417 e. The van der Waals surface area contributed by atoms with Crippen molar-refractivity contribution in [3.63, 3.8) is 0 Å². The first-order valence-electron chi connectivity index (χ1n) is 7.35. The second-order valence-corrected chi connectivity index (χ2v) is 5.59. The van der Waals surface area contributed by atoms with Gasteiger partial charge in [0.1, 0.15) is 5.82 Å². The van der Waals surface area contributed by atoms with E-state index in [2.05, 4.69) is 15.0 Å². The minimum atomic E-state index is -4.48. The topological polar surface area (TPSA) is 93.6 Å². The van der Waals surface area contributed by atoms with Gasteiger partial charge in [0.2, 0.25) is 5.95 Å². The summed E-state index contributed by atoms with van der Waals surface area (Å²) in [5.41, 5.74) is 12.2. The minimum Gasteiger partial charge on any atom is -0.383 e. The lowest BCUT2D eigenvalue weighted by atomic mass is 9.95. The summed E-state index contributed by atoms with van der Waals surface area (Å²) in [6.45, 7) is 0. The number of halogens is 3. The third-order valence-corrected chi connectivity index (χ3v) is 4.07. The Morgan fingerprint density at radius 1 is 0.960 bits per heavy atom. The maximum absolute atomic E-state index is 13.4. The zero-order chi connectivity index (χ0) is 17.8. The van der Waals surface area contributed by atoms with Crippen LogP contribution in [-0.2, 0) is 6.18 Å². The highest BCUT2D eigenvalue weighted by atomic mass is 19.4. The summed E-state index contributed by atoms with van der Waals surface area (Å²) in [5, 5.41) is 1.20. The Morgan fingerprint density at radius 2 is 1.72 bits per heavy atom. The molecule has 2 heterocycles. The lowest BCUT2D eigenvalue weighted by Gasteiger charge is -2.15. The van der Waals surface area contributed by atoms with Crippen molar-refractivity contribution < 1.29 is 13.2 Å². The molecular weight excluding hydrogens is 331 g/mol. The molecule has 5 nitrogen and oxygen atoms in total. The Labute approximate surface area is 139 Å². The molecule has 0 saturated carbocycles. The third kappa shape index (κ3) is 2.34. The van der Waals surface area contributed by atoms with Crippen molar-refractivity contribution in [2.24, 2.45) is 0 Å². The number of aromatic amines is 1. The van der Waals surface area contributed by atoms with Crippen molar-refractivity contribution in [2.75, 3.05) is 11.5 Å². The van der Waals surface area contributed by atoms with Crippen LogP contribution < -0.4 is 11.5 Å². The van der Waals surface area contributed by atoms with Gasteiger partial charge in [-0.1, -0.05) is 18.2 Å². The van der Waals surface area contributed by atoms with Gasteiger partial charge < -0.3 is 16.5 Å². The number of aromatic nitrogens is 3. The highest BCUT2D eigenvalue weighted by Gasteiger charge is 2.34. The zero-order valence-corrected chi connectivity index (χ0v) is 12.7. The molecule has 4 rings (SSSR count). The number of fused-ring (bicyclic) bond motifs is 3. The molecule has 0 unspecified atom stereocenters. The molecule has 8 heteroatoms. The summed E-state index contributed by atoms with van der Waals surface area (Å²) in [4.78, 5) is 11.1. The fraction of sp³-hybridized carbons (Fsp3) is 0.0588. The number of nitrogens with zero attached hydrogens (tertiary/aromatic N) is 2. The largest absolute Gasteiger partial charge is 0.417 e. The Kier molecular flexibility index (Phi) is 3.11. The van der Waals surface area contributed by atoms with Gasteiger partial charge in [-0.05, 0) is 23.8 Å². The number of hydrogen-bond acceptors (Lipinski definition) is 4. The number of alkyl halides is 3. The maximum atomic E-state index is 13.4. The van der Waals surface area contributed by atoms with Crippen LogP contribution in [0.3, 0.4) is 0 Å². The summed E-state index contributed by atoms with van der Waals surface area (Å²) in [6.07, 6.45) is -2.84. The zero-order valence-electron chi connectivity index (χ0n) is 12.7. The van der Waals surface area contributed by atoms with Gasteiger partial charge in [-0.2, -0.15) is 18.2 Å². The fourth-order valence-electron chi connectivity index (χ4n) is 3.08.